The molecule has 0 aromatic heterocycles. The Bertz CT molecular complexity index is 566. The first-order valence-electron chi connectivity index (χ1n) is 8.81. The molecule has 1 heterocycles. The van der Waals surface area contributed by atoms with E-state index < -0.39 is 11.0 Å². The first kappa shape index (κ1) is 20.4. The van der Waals surface area contributed by atoms with E-state index >= 15 is 0 Å². The van der Waals surface area contributed by atoms with Crippen LogP contribution in [0.1, 0.15) is 47.5 Å². The summed E-state index contributed by atoms with van der Waals surface area (Å²) in [6.07, 6.45) is 1.41. The molecule has 140 valence electrons. The average molecular weight is 367 g/mol. The van der Waals surface area contributed by atoms with Crippen LogP contribution in [-0.4, -0.2) is 34.4 Å². The molecule has 1 aliphatic heterocycles. The highest BCUT2D eigenvalue weighted by Crippen LogP contribution is 2.42. The van der Waals surface area contributed by atoms with Crippen molar-refractivity contribution in [3.05, 3.63) is 30.3 Å². The van der Waals surface area contributed by atoms with Gasteiger partial charge in [-0.05, 0) is 65.4 Å². The van der Waals surface area contributed by atoms with Gasteiger partial charge in [-0.15, -0.1) is 0 Å². The number of rotatable bonds is 8. The molecule has 1 fully saturated rings. The number of ether oxygens (including phenoxy) is 1. The maximum absolute atomic E-state index is 11.6. The van der Waals surface area contributed by atoms with Gasteiger partial charge in [-0.2, -0.15) is 0 Å². The number of hydrogen-bond donors (Lipinski definition) is 1. The molecule has 0 radical (unpaired) electrons. The molecule has 2 N–H and O–H groups in total. The quantitative estimate of drug-likeness (QED) is 0.716. The van der Waals surface area contributed by atoms with Crippen molar-refractivity contribution < 1.29 is 18.3 Å². The minimum absolute atomic E-state index is 0.0623. The first-order valence-corrected chi connectivity index (χ1v) is 10.1. The lowest BCUT2D eigenvalue weighted by Crippen LogP contribution is -2.41. The van der Waals surface area contributed by atoms with Gasteiger partial charge in [0.25, 0.3) is 0 Å². The lowest BCUT2D eigenvalue weighted by molar-refractivity contribution is 0.00578. The summed E-state index contributed by atoms with van der Waals surface area (Å²) in [5.41, 5.74) is -0.775. The zero-order valence-corrected chi connectivity index (χ0v) is 16.7. The molecule has 2 rings (SSSR count). The molecule has 5 nitrogen and oxygen atoms in total. The van der Waals surface area contributed by atoms with E-state index in [-0.39, 0.29) is 29.4 Å². The van der Waals surface area contributed by atoms with Gasteiger partial charge in [-0.1, -0.05) is 18.2 Å². The van der Waals surface area contributed by atoms with E-state index in [4.69, 9.17) is 19.2 Å². The van der Waals surface area contributed by atoms with Gasteiger partial charge in [-0.3, -0.25) is 5.14 Å². The average Bonchev–Trinajstić information content (AvgIpc) is 2.75. The third-order valence-electron chi connectivity index (χ3n) is 5.19. The molecule has 1 aliphatic rings. The maximum atomic E-state index is 11.6. The van der Waals surface area contributed by atoms with Crippen LogP contribution in [0.2, 0.25) is 5.82 Å². The van der Waals surface area contributed by atoms with E-state index in [1.807, 2.05) is 65.0 Å². The van der Waals surface area contributed by atoms with Gasteiger partial charge in [0.05, 0.1) is 28.8 Å². The number of benzene rings is 1. The highest BCUT2D eigenvalue weighted by Gasteiger charge is 2.53. The summed E-state index contributed by atoms with van der Waals surface area (Å²) in [7, 11) is -1.71. The van der Waals surface area contributed by atoms with Crippen molar-refractivity contribution in [3.63, 3.8) is 0 Å². The van der Waals surface area contributed by atoms with Crippen molar-refractivity contribution >= 4 is 18.1 Å². The van der Waals surface area contributed by atoms with Crippen molar-refractivity contribution in [2.45, 2.75) is 69.7 Å². The zero-order chi connectivity index (χ0) is 18.7. The van der Waals surface area contributed by atoms with Gasteiger partial charge in [0.15, 0.2) is 0 Å². The monoisotopic (exact) mass is 367 g/mol. The van der Waals surface area contributed by atoms with Crippen LogP contribution < -0.4 is 9.88 Å². The van der Waals surface area contributed by atoms with Crippen LogP contribution in [-0.2, 0) is 20.3 Å². The summed E-state index contributed by atoms with van der Waals surface area (Å²) < 4.78 is 29.8. The molecule has 0 amide bonds. The molecule has 25 heavy (non-hydrogen) atoms. The third-order valence-corrected chi connectivity index (χ3v) is 6.17. The van der Waals surface area contributed by atoms with Crippen molar-refractivity contribution in [2.75, 3.05) is 6.61 Å². The van der Waals surface area contributed by atoms with Crippen LogP contribution in [0.4, 0.5) is 0 Å². The Labute approximate surface area is 154 Å². The maximum Gasteiger partial charge on any atom is 0.461 e. The smallest absolute Gasteiger partial charge is 0.461 e. The minimum atomic E-state index is -1.36. The van der Waals surface area contributed by atoms with E-state index in [1.165, 1.54) is 0 Å². The Hall–Kier alpha value is -0.885. The van der Waals surface area contributed by atoms with Crippen molar-refractivity contribution in [3.8, 4) is 5.75 Å². The standard InChI is InChI=1S/C18H30BNO4S/c1-14(25(20)21)13-15(11-12-22-16-9-7-6-8-10-16)19-23-17(2,3)18(4,5)24-19/h6-10,14-15H,11-13,20H2,1-5H3/t14?,15-,25?/m1/s1. The third kappa shape index (κ3) is 5.30. The molecule has 3 atom stereocenters. The Kier molecular flexibility index (Phi) is 6.71. The van der Waals surface area contributed by atoms with Crippen LogP contribution in [0.25, 0.3) is 0 Å². The minimum Gasteiger partial charge on any atom is -0.494 e. The second-order valence-electron chi connectivity index (χ2n) is 7.71. The fourth-order valence-corrected chi connectivity index (χ4v) is 3.25. The fraction of sp³-hybridized carbons (Fsp3) is 0.667. The SMILES string of the molecule is CC(C[C@@H](CCOc1ccccc1)B1OC(C)(C)C(C)(C)O1)S(N)=O. The molecule has 1 aromatic carbocycles. The van der Waals surface area contributed by atoms with Crippen LogP contribution in [0.3, 0.4) is 0 Å². The van der Waals surface area contributed by atoms with Gasteiger partial charge in [0, 0.05) is 5.25 Å². The second-order valence-corrected chi connectivity index (χ2v) is 9.17. The number of nitrogens with two attached hydrogens (primary N) is 1. The number of para-hydroxylation sites is 1. The van der Waals surface area contributed by atoms with Crippen LogP contribution in [0, 0.1) is 0 Å². The highest BCUT2D eigenvalue weighted by molar-refractivity contribution is 7.83. The van der Waals surface area contributed by atoms with Gasteiger partial charge in [0.1, 0.15) is 5.75 Å². The molecule has 0 spiro atoms. The van der Waals surface area contributed by atoms with Crippen LogP contribution >= 0.6 is 0 Å². The summed E-state index contributed by atoms with van der Waals surface area (Å²) in [6.45, 7) is 10.6. The van der Waals surface area contributed by atoms with E-state index in [0.717, 1.165) is 12.2 Å². The van der Waals surface area contributed by atoms with E-state index in [1.54, 1.807) is 0 Å². The lowest BCUT2D eigenvalue weighted by Gasteiger charge is -2.32. The summed E-state index contributed by atoms with van der Waals surface area (Å²) in [5.74, 6) is 0.901. The molecule has 7 heteroatoms. The van der Waals surface area contributed by atoms with E-state index in [0.29, 0.717) is 13.0 Å². The first-order chi connectivity index (χ1) is 11.6. The van der Waals surface area contributed by atoms with Gasteiger partial charge in [0.2, 0.25) is 0 Å². The Morgan fingerprint density at radius 2 is 1.72 bits per heavy atom. The molecule has 1 aromatic rings. The molecule has 1 saturated heterocycles. The molecule has 0 saturated carbocycles. The normalized spacial score (nSPS) is 22.4. The molecular weight excluding hydrogens is 337 g/mol. The molecule has 2 unspecified atom stereocenters. The van der Waals surface area contributed by atoms with Gasteiger partial charge < -0.3 is 14.0 Å². The lowest BCUT2D eigenvalue weighted by atomic mass is 9.67. The topological polar surface area (TPSA) is 70.8 Å². The van der Waals surface area contributed by atoms with Gasteiger partial charge >= 0.3 is 7.12 Å². The van der Waals surface area contributed by atoms with Crippen LogP contribution in [0.5, 0.6) is 5.75 Å². The van der Waals surface area contributed by atoms with Crippen molar-refractivity contribution in [2.24, 2.45) is 5.14 Å². The summed E-state index contributed by atoms with van der Waals surface area (Å²) in [4.78, 5) is 0. The largest absolute Gasteiger partial charge is 0.494 e. The summed E-state index contributed by atoms with van der Waals surface area (Å²) >= 11 is 0. The zero-order valence-electron chi connectivity index (χ0n) is 15.9. The fourth-order valence-electron chi connectivity index (χ4n) is 2.81. The van der Waals surface area contributed by atoms with E-state index in [2.05, 4.69) is 0 Å². The highest BCUT2D eigenvalue weighted by atomic mass is 32.2. The molecule has 0 bridgehead atoms. The Morgan fingerprint density at radius 1 is 1.16 bits per heavy atom. The Morgan fingerprint density at radius 3 is 2.24 bits per heavy atom. The molecule has 0 aliphatic carbocycles. The summed E-state index contributed by atoms with van der Waals surface area (Å²) in [5, 5.41) is 5.44. The van der Waals surface area contributed by atoms with Gasteiger partial charge in [-0.25, -0.2) is 4.21 Å². The number of hydrogen-bond acceptors (Lipinski definition) is 4. The van der Waals surface area contributed by atoms with Crippen molar-refractivity contribution in [1.29, 1.82) is 0 Å². The second kappa shape index (κ2) is 8.21. The Balaban J connectivity index is 2.02. The predicted octanol–water partition coefficient (Wildman–Crippen LogP) is 3.32. The predicted molar refractivity (Wildman–Crippen MR) is 103 cm³/mol. The van der Waals surface area contributed by atoms with Crippen molar-refractivity contribution in [1.82, 2.24) is 0 Å². The molecular formula is C18H30BNO4S. The van der Waals surface area contributed by atoms with E-state index in [9.17, 15) is 4.21 Å². The van der Waals surface area contributed by atoms with Crippen LogP contribution in [0.15, 0.2) is 30.3 Å². The summed E-state index contributed by atoms with van der Waals surface area (Å²) in [6, 6.07) is 9.71.